The van der Waals surface area contributed by atoms with E-state index in [2.05, 4.69) is 87.6 Å². The first-order chi connectivity index (χ1) is 14.4. The van der Waals surface area contributed by atoms with Crippen LogP contribution in [0, 0.1) is 0 Å². The molecule has 0 unspecified atom stereocenters. The maximum Gasteiger partial charge on any atom is 2.00 e. The molecule has 0 spiro atoms. The van der Waals surface area contributed by atoms with Crippen molar-refractivity contribution in [3.05, 3.63) is 83.4 Å². The summed E-state index contributed by atoms with van der Waals surface area (Å²) in [5, 5.41) is 13.5. The summed E-state index contributed by atoms with van der Waals surface area (Å²) in [7, 11) is 0. The molecule has 1 radical (unpaired) electrons. The normalized spacial score (nSPS) is 15.7. The van der Waals surface area contributed by atoms with Crippen molar-refractivity contribution in [3.63, 3.8) is 0 Å². The molecule has 1 aliphatic rings. The van der Waals surface area contributed by atoms with Crippen LogP contribution in [0.25, 0.3) is 10.8 Å². The summed E-state index contributed by atoms with van der Waals surface area (Å²) in [6.45, 7) is 9.08. The molecule has 0 amide bonds. The van der Waals surface area contributed by atoms with Gasteiger partial charge in [0.15, 0.2) is 0 Å². The fourth-order valence-corrected chi connectivity index (χ4v) is 4.03. The molecule has 0 aromatic heterocycles. The summed E-state index contributed by atoms with van der Waals surface area (Å²) < 4.78 is 0. The molecule has 3 N–H and O–H groups in total. The molecule has 0 aliphatic carbocycles. The van der Waals surface area contributed by atoms with E-state index in [1.807, 2.05) is 0 Å². The monoisotopic (exact) mass is 443 g/mol. The number of nitrogens with one attached hydrogen (secondary N) is 3. The van der Waals surface area contributed by atoms with Crippen LogP contribution in [0.2, 0.25) is 0 Å². The smallest absolute Gasteiger partial charge is 0.311 e. The predicted molar refractivity (Wildman–Crippen MR) is 122 cm³/mol. The Labute approximate surface area is 190 Å². The second-order valence-electron chi connectivity index (χ2n) is 7.83. The molecule has 4 nitrogen and oxygen atoms in total. The van der Waals surface area contributed by atoms with Gasteiger partial charge in [0.05, 0.1) is 0 Å². The zero-order valence-electron chi connectivity index (χ0n) is 17.5. The van der Waals surface area contributed by atoms with Crippen LogP contribution < -0.4 is 16.0 Å². The van der Waals surface area contributed by atoms with Crippen LogP contribution in [-0.4, -0.2) is 44.2 Å². The van der Waals surface area contributed by atoms with E-state index in [4.69, 9.17) is 0 Å². The van der Waals surface area contributed by atoms with Gasteiger partial charge in [-0.2, -0.15) is 0 Å². The van der Waals surface area contributed by atoms with Gasteiger partial charge in [0, 0.05) is 58.9 Å². The summed E-state index contributed by atoms with van der Waals surface area (Å²) in [5.41, 5.74) is 4.11. The Morgan fingerprint density at radius 1 is 0.800 bits per heavy atom. The van der Waals surface area contributed by atoms with Gasteiger partial charge in [-0.1, -0.05) is 66.7 Å². The van der Waals surface area contributed by atoms with Crippen LogP contribution in [0.15, 0.2) is 66.7 Å². The molecule has 3 aromatic rings. The second-order valence-corrected chi connectivity index (χ2v) is 7.83. The van der Waals surface area contributed by atoms with Crippen molar-refractivity contribution in [1.82, 2.24) is 20.9 Å². The molecular formula is C25H32MnN4+2. The third kappa shape index (κ3) is 6.64. The largest absolute Gasteiger partial charge is 2.00 e. The van der Waals surface area contributed by atoms with Crippen molar-refractivity contribution in [1.29, 1.82) is 0 Å². The van der Waals surface area contributed by atoms with Crippen molar-refractivity contribution < 1.29 is 17.1 Å². The molecule has 0 saturated carbocycles. The van der Waals surface area contributed by atoms with Crippen LogP contribution in [0.5, 0.6) is 0 Å². The molecule has 0 saturated heterocycles. The molecule has 0 fully saturated rings. The Kier molecular flexibility index (Phi) is 9.34. The Morgan fingerprint density at radius 3 is 2.23 bits per heavy atom. The second kappa shape index (κ2) is 12.2. The summed E-state index contributed by atoms with van der Waals surface area (Å²) >= 11 is 0. The third-order valence-electron chi connectivity index (χ3n) is 5.66. The Bertz CT molecular complexity index is 882. The van der Waals surface area contributed by atoms with Gasteiger partial charge >= 0.3 is 17.1 Å². The minimum absolute atomic E-state index is 0. The summed E-state index contributed by atoms with van der Waals surface area (Å²) in [5.74, 6) is 0. The van der Waals surface area contributed by atoms with E-state index in [9.17, 15) is 0 Å². The molecule has 30 heavy (non-hydrogen) atoms. The number of benzene rings is 3. The minimum Gasteiger partial charge on any atom is -0.311 e. The van der Waals surface area contributed by atoms with Gasteiger partial charge in [0.2, 0.25) is 0 Å². The quantitative estimate of drug-likeness (QED) is 0.419. The van der Waals surface area contributed by atoms with Crippen molar-refractivity contribution in [2.45, 2.75) is 19.6 Å². The van der Waals surface area contributed by atoms with E-state index >= 15 is 0 Å². The molecule has 3 aromatic carbocycles. The number of fused-ring (bicyclic) bond motifs is 3. The van der Waals surface area contributed by atoms with E-state index in [1.165, 1.54) is 27.5 Å². The van der Waals surface area contributed by atoms with Crippen molar-refractivity contribution in [3.8, 4) is 0 Å². The van der Waals surface area contributed by atoms with Gasteiger partial charge in [-0.3, -0.25) is 4.90 Å². The maximum absolute atomic E-state index is 3.65. The molecule has 1 heterocycles. The number of hydrogen-bond acceptors (Lipinski definition) is 4. The summed E-state index contributed by atoms with van der Waals surface area (Å²) in [6, 6.07) is 24.1. The summed E-state index contributed by atoms with van der Waals surface area (Å²) in [6.07, 6.45) is 0. The van der Waals surface area contributed by atoms with Crippen LogP contribution in [0.4, 0.5) is 0 Å². The van der Waals surface area contributed by atoms with E-state index in [0.29, 0.717) is 0 Å². The van der Waals surface area contributed by atoms with Crippen molar-refractivity contribution in [2.75, 3.05) is 39.3 Å². The van der Waals surface area contributed by atoms with Gasteiger partial charge in [-0.25, -0.2) is 0 Å². The Hall–Kier alpha value is -1.72. The van der Waals surface area contributed by atoms with E-state index in [0.717, 1.165) is 58.9 Å². The van der Waals surface area contributed by atoms with Crippen LogP contribution in [0.1, 0.15) is 16.7 Å². The van der Waals surface area contributed by atoms with Gasteiger partial charge in [0.1, 0.15) is 0 Å². The molecule has 2 bridgehead atoms. The van der Waals surface area contributed by atoms with Gasteiger partial charge in [-0.05, 0) is 27.5 Å². The SMILES string of the molecule is [Mn+2].c1cc2cc(c1)CNCCN(CCNCc1cccc3ccccc13)CCNC2. The van der Waals surface area contributed by atoms with Gasteiger partial charge in [-0.15, -0.1) is 0 Å². The van der Waals surface area contributed by atoms with Gasteiger partial charge < -0.3 is 16.0 Å². The first kappa shape index (κ1) is 23.0. The number of nitrogens with zero attached hydrogens (tertiary/aromatic N) is 1. The maximum atomic E-state index is 3.65. The van der Waals surface area contributed by atoms with Crippen molar-refractivity contribution in [2.24, 2.45) is 0 Å². The van der Waals surface area contributed by atoms with E-state index in [1.54, 1.807) is 0 Å². The first-order valence-corrected chi connectivity index (χ1v) is 10.8. The van der Waals surface area contributed by atoms with E-state index < -0.39 is 0 Å². The summed E-state index contributed by atoms with van der Waals surface area (Å²) in [4.78, 5) is 2.55. The minimum atomic E-state index is 0. The van der Waals surface area contributed by atoms with Crippen LogP contribution >= 0.6 is 0 Å². The number of hydrogen-bond donors (Lipinski definition) is 3. The van der Waals surface area contributed by atoms with Crippen molar-refractivity contribution >= 4 is 10.8 Å². The molecular weight excluding hydrogens is 411 g/mol. The van der Waals surface area contributed by atoms with Gasteiger partial charge in [0.25, 0.3) is 0 Å². The molecule has 157 valence electrons. The molecule has 4 rings (SSSR count). The van der Waals surface area contributed by atoms with Crippen LogP contribution in [0.3, 0.4) is 0 Å². The topological polar surface area (TPSA) is 39.3 Å². The zero-order chi connectivity index (χ0) is 19.7. The molecule has 0 atom stereocenters. The Balaban J connectivity index is 0.00000256. The fourth-order valence-electron chi connectivity index (χ4n) is 4.03. The van der Waals surface area contributed by atoms with E-state index in [-0.39, 0.29) is 17.1 Å². The van der Waals surface area contributed by atoms with Crippen LogP contribution in [-0.2, 0) is 36.7 Å². The Morgan fingerprint density at radius 2 is 1.47 bits per heavy atom. The average Bonchev–Trinajstić information content (AvgIpc) is 2.76. The predicted octanol–water partition coefficient (Wildman–Crippen LogP) is 3.12. The average molecular weight is 443 g/mol. The third-order valence-corrected chi connectivity index (χ3v) is 5.66. The first-order valence-electron chi connectivity index (χ1n) is 10.8. The standard InChI is InChI=1S/C25H32N4.Mn/c1-2-10-25-23(7-1)8-4-9-24(25)20-28-13-16-29-14-11-26-18-21-5-3-6-22(17-21)19-27-12-15-29;/h1-10,17,26-28H,11-16,18-20H2;/q;+2. The molecule has 5 heteroatoms. The number of rotatable bonds is 5. The molecule has 1 aliphatic heterocycles. The fraction of sp³-hybridized carbons (Fsp3) is 0.360. The zero-order valence-corrected chi connectivity index (χ0v) is 18.7.